The molecule has 0 spiro atoms. The van der Waals surface area contributed by atoms with E-state index in [1.54, 1.807) is 32.1 Å². The van der Waals surface area contributed by atoms with Gasteiger partial charge in [-0.15, -0.1) is 0 Å². The maximum atomic E-state index is 12.8. The highest BCUT2D eigenvalue weighted by molar-refractivity contribution is 6.01. The van der Waals surface area contributed by atoms with Gasteiger partial charge in [0.1, 0.15) is 5.82 Å². The topological polar surface area (TPSA) is 54.4 Å². The lowest BCUT2D eigenvalue weighted by Crippen LogP contribution is -2.11. The quantitative estimate of drug-likeness (QED) is 0.802. The first-order chi connectivity index (χ1) is 8.90. The van der Waals surface area contributed by atoms with Crippen LogP contribution in [0.1, 0.15) is 32.3 Å². The van der Waals surface area contributed by atoms with E-state index in [0.717, 1.165) is 0 Å². The van der Waals surface area contributed by atoms with Gasteiger partial charge in [-0.25, -0.2) is 4.39 Å². The zero-order valence-corrected chi connectivity index (χ0v) is 11.0. The molecule has 3 nitrogen and oxygen atoms in total. The van der Waals surface area contributed by atoms with Crippen molar-refractivity contribution in [3.63, 3.8) is 0 Å². The van der Waals surface area contributed by atoms with Crippen LogP contribution in [0.2, 0.25) is 0 Å². The lowest BCUT2D eigenvalue weighted by molar-refractivity contribution is -0.136. The number of halogens is 1. The second-order valence-corrected chi connectivity index (χ2v) is 4.63. The fourth-order valence-corrected chi connectivity index (χ4v) is 1.64. The molecule has 1 aromatic rings. The minimum absolute atomic E-state index is 0.0782. The minimum Gasteiger partial charge on any atom is -0.481 e. The van der Waals surface area contributed by atoms with Crippen molar-refractivity contribution in [3.05, 3.63) is 41.2 Å². The van der Waals surface area contributed by atoms with E-state index in [1.807, 2.05) is 0 Å². The van der Waals surface area contributed by atoms with Crippen LogP contribution in [0.5, 0.6) is 0 Å². The molecule has 1 aromatic carbocycles. The SMILES string of the molecule is CC(C)C(=O)C(=Cc1ccc(F)cc1)CCC(=O)O. The Balaban J connectivity index is 2.97. The highest BCUT2D eigenvalue weighted by Crippen LogP contribution is 2.17. The molecule has 0 radical (unpaired) electrons. The van der Waals surface area contributed by atoms with Gasteiger partial charge in [0.2, 0.25) is 0 Å². The fourth-order valence-electron chi connectivity index (χ4n) is 1.64. The van der Waals surface area contributed by atoms with Gasteiger partial charge in [0.05, 0.1) is 0 Å². The molecular weight excluding hydrogens is 247 g/mol. The van der Waals surface area contributed by atoms with Gasteiger partial charge >= 0.3 is 5.97 Å². The first kappa shape index (κ1) is 15.1. The number of carbonyl (C=O) groups is 2. The third-order valence-corrected chi connectivity index (χ3v) is 2.66. The third kappa shape index (κ3) is 5.04. The van der Waals surface area contributed by atoms with E-state index in [1.165, 1.54) is 12.1 Å². The Morgan fingerprint density at radius 1 is 1.21 bits per heavy atom. The summed E-state index contributed by atoms with van der Waals surface area (Å²) < 4.78 is 12.8. The summed E-state index contributed by atoms with van der Waals surface area (Å²) in [4.78, 5) is 22.6. The summed E-state index contributed by atoms with van der Waals surface area (Å²) in [5.74, 6) is -1.56. The van der Waals surface area contributed by atoms with Gasteiger partial charge in [0.15, 0.2) is 5.78 Å². The van der Waals surface area contributed by atoms with Crippen molar-refractivity contribution >= 4 is 17.8 Å². The summed E-state index contributed by atoms with van der Waals surface area (Å²) in [5.41, 5.74) is 1.15. The first-order valence-corrected chi connectivity index (χ1v) is 6.12. The first-order valence-electron chi connectivity index (χ1n) is 6.12. The van der Waals surface area contributed by atoms with Crippen LogP contribution in [0.3, 0.4) is 0 Å². The minimum atomic E-state index is -0.943. The number of rotatable bonds is 6. The summed E-state index contributed by atoms with van der Waals surface area (Å²) in [7, 11) is 0. The second kappa shape index (κ2) is 6.83. The Bertz CT molecular complexity index is 487. The number of ketones is 1. The van der Waals surface area contributed by atoms with Gasteiger partial charge < -0.3 is 5.11 Å². The van der Waals surface area contributed by atoms with Gasteiger partial charge in [0.25, 0.3) is 0 Å². The Morgan fingerprint density at radius 2 is 1.79 bits per heavy atom. The van der Waals surface area contributed by atoms with E-state index in [2.05, 4.69) is 0 Å². The maximum Gasteiger partial charge on any atom is 0.303 e. The van der Waals surface area contributed by atoms with E-state index in [0.29, 0.717) is 11.1 Å². The number of aliphatic carboxylic acids is 1. The number of hydrogen-bond donors (Lipinski definition) is 1. The van der Waals surface area contributed by atoms with E-state index >= 15 is 0 Å². The van der Waals surface area contributed by atoms with E-state index in [9.17, 15) is 14.0 Å². The molecule has 0 bridgehead atoms. The largest absolute Gasteiger partial charge is 0.481 e. The number of benzene rings is 1. The van der Waals surface area contributed by atoms with Crippen LogP contribution in [-0.4, -0.2) is 16.9 Å². The van der Waals surface area contributed by atoms with Crippen LogP contribution in [0, 0.1) is 11.7 Å². The number of carboxylic acids is 1. The molecule has 1 N–H and O–H groups in total. The van der Waals surface area contributed by atoms with Crippen molar-refractivity contribution < 1.29 is 19.1 Å². The Morgan fingerprint density at radius 3 is 2.26 bits per heavy atom. The summed E-state index contributed by atoms with van der Waals surface area (Å²) in [6.07, 6.45) is 1.72. The second-order valence-electron chi connectivity index (χ2n) is 4.63. The Labute approximate surface area is 111 Å². The molecule has 102 valence electrons. The molecule has 0 aliphatic heterocycles. The number of carboxylic acid groups (broad SMARTS) is 1. The van der Waals surface area contributed by atoms with Crippen molar-refractivity contribution in [1.82, 2.24) is 0 Å². The van der Waals surface area contributed by atoms with E-state index in [4.69, 9.17) is 5.11 Å². The summed E-state index contributed by atoms with van der Waals surface area (Å²) in [5, 5.41) is 8.70. The van der Waals surface area contributed by atoms with Crippen LogP contribution >= 0.6 is 0 Å². The average molecular weight is 264 g/mol. The van der Waals surface area contributed by atoms with Crippen molar-refractivity contribution in [3.8, 4) is 0 Å². The van der Waals surface area contributed by atoms with Crippen LogP contribution < -0.4 is 0 Å². The van der Waals surface area contributed by atoms with Gasteiger partial charge in [-0.05, 0) is 35.8 Å². The molecule has 0 aliphatic carbocycles. The molecule has 4 heteroatoms. The molecular formula is C15H17FO3. The van der Waals surface area contributed by atoms with Gasteiger partial charge in [0, 0.05) is 12.3 Å². The standard InChI is InChI=1S/C15H17FO3/c1-10(2)15(19)12(5-8-14(17)18)9-11-3-6-13(16)7-4-11/h3-4,6-7,9-10H,5,8H2,1-2H3,(H,17,18). The van der Waals surface area contributed by atoms with Gasteiger partial charge in [-0.2, -0.15) is 0 Å². The van der Waals surface area contributed by atoms with Gasteiger partial charge in [-0.3, -0.25) is 9.59 Å². The molecule has 0 aromatic heterocycles. The summed E-state index contributed by atoms with van der Waals surface area (Å²) in [6.45, 7) is 3.53. The van der Waals surface area contributed by atoms with Crippen molar-refractivity contribution in [2.75, 3.05) is 0 Å². The predicted octanol–water partition coefficient (Wildman–Crippen LogP) is 3.30. The van der Waals surface area contributed by atoms with Gasteiger partial charge in [-0.1, -0.05) is 26.0 Å². The molecule has 0 fully saturated rings. The monoisotopic (exact) mass is 264 g/mol. The molecule has 0 atom stereocenters. The summed E-state index contributed by atoms with van der Waals surface area (Å²) in [6, 6.07) is 5.73. The molecule has 19 heavy (non-hydrogen) atoms. The molecule has 0 heterocycles. The van der Waals surface area contributed by atoms with E-state index < -0.39 is 5.97 Å². The smallest absolute Gasteiger partial charge is 0.303 e. The zero-order valence-electron chi connectivity index (χ0n) is 11.0. The van der Waals surface area contributed by atoms with Crippen molar-refractivity contribution in [2.45, 2.75) is 26.7 Å². The highest BCUT2D eigenvalue weighted by Gasteiger charge is 2.14. The lowest BCUT2D eigenvalue weighted by Gasteiger charge is -2.08. The lowest BCUT2D eigenvalue weighted by atomic mass is 9.95. The number of hydrogen-bond acceptors (Lipinski definition) is 2. The van der Waals surface area contributed by atoms with Crippen LogP contribution in [-0.2, 0) is 9.59 Å². The summed E-state index contributed by atoms with van der Waals surface area (Å²) >= 11 is 0. The molecule has 0 saturated heterocycles. The normalized spacial score (nSPS) is 11.7. The van der Waals surface area contributed by atoms with Crippen molar-refractivity contribution in [2.24, 2.45) is 5.92 Å². The van der Waals surface area contributed by atoms with Crippen LogP contribution in [0.25, 0.3) is 6.08 Å². The number of allylic oxidation sites excluding steroid dienone is 1. The molecule has 0 unspecified atom stereocenters. The zero-order chi connectivity index (χ0) is 14.4. The predicted molar refractivity (Wildman–Crippen MR) is 71.1 cm³/mol. The third-order valence-electron chi connectivity index (χ3n) is 2.66. The fraction of sp³-hybridized carbons (Fsp3) is 0.333. The Hall–Kier alpha value is -1.97. The molecule has 1 rings (SSSR count). The number of Topliss-reactive ketones (excluding diaryl/α,β-unsaturated/α-hetero) is 1. The van der Waals surface area contributed by atoms with E-state index in [-0.39, 0.29) is 30.4 Å². The highest BCUT2D eigenvalue weighted by atomic mass is 19.1. The van der Waals surface area contributed by atoms with Crippen LogP contribution in [0.15, 0.2) is 29.8 Å². The Kier molecular flexibility index (Phi) is 5.42. The molecule has 0 amide bonds. The van der Waals surface area contributed by atoms with Crippen molar-refractivity contribution in [1.29, 1.82) is 0 Å². The maximum absolute atomic E-state index is 12.8. The van der Waals surface area contributed by atoms with Crippen LogP contribution in [0.4, 0.5) is 4.39 Å². The average Bonchev–Trinajstić information content (AvgIpc) is 2.35. The number of carbonyl (C=O) groups excluding carboxylic acids is 1. The molecule has 0 aliphatic rings. The molecule has 0 saturated carbocycles.